The van der Waals surface area contributed by atoms with Crippen molar-refractivity contribution >= 4 is 6.29 Å². The van der Waals surface area contributed by atoms with Gasteiger partial charge in [0.15, 0.2) is 12.1 Å². The largest absolute Gasteiger partial charge is 0.483 e. The van der Waals surface area contributed by atoms with Gasteiger partial charge in [-0.25, -0.2) is 14.6 Å². The summed E-state index contributed by atoms with van der Waals surface area (Å²) in [4.78, 5) is 19.2. The molecule has 0 atom stereocenters. The van der Waals surface area contributed by atoms with E-state index in [1.54, 1.807) is 16.8 Å². The molecule has 100 valence electrons. The van der Waals surface area contributed by atoms with Gasteiger partial charge in [-0.3, -0.25) is 4.79 Å². The summed E-state index contributed by atoms with van der Waals surface area (Å²) < 4.78 is 7.38. The number of aldehydes is 1. The first-order valence-corrected chi connectivity index (χ1v) is 6.06. The molecule has 0 bridgehead atoms. The van der Waals surface area contributed by atoms with E-state index >= 15 is 0 Å². The first kappa shape index (κ1) is 13.2. The summed E-state index contributed by atoms with van der Waals surface area (Å²) in [5.41, 5.74) is 1.08. The molecule has 0 unspecified atom stereocenters. The first-order chi connectivity index (χ1) is 9.11. The van der Waals surface area contributed by atoms with Crippen molar-refractivity contribution in [2.75, 3.05) is 0 Å². The number of aromatic nitrogens is 4. The Labute approximate surface area is 111 Å². The van der Waals surface area contributed by atoms with E-state index < -0.39 is 0 Å². The van der Waals surface area contributed by atoms with Crippen LogP contribution in [0.25, 0.3) is 0 Å². The second-order valence-electron chi connectivity index (χ2n) is 4.46. The highest BCUT2D eigenvalue weighted by atomic mass is 16.5. The van der Waals surface area contributed by atoms with Crippen LogP contribution in [0.2, 0.25) is 0 Å². The zero-order chi connectivity index (χ0) is 13.8. The van der Waals surface area contributed by atoms with Gasteiger partial charge >= 0.3 is 0 Å². The minimum atomic E-state index is 0.211. The van der Waals surface area contributed by atoms with Gasteiger partial charge in [-0.1, -0.05) is 0 Å². The van der Waals surface area contributed by atoms with Crippen LogP contribution in [0.4, 0.5) is 0 Å². The highest BCUT2D eigenvalue weighted by Crippen LogP contribution is 2.17. The number of nitrogens with zero attached hydrogens (tertiary/aromatic N) is 4. The molecule has 2 aromatic rings. The smallest absolute Gasteiger partial charge is 0.172 e. The Hall–Kier alpha value is -2.24. The van der Waals surface area contributed by atoms with Crippen LogP contribution >= 0.6 is 0 Å². The molecule has 0 aliphatic heterocycles. The Morgan fingerprint density at radius 2 is 2.21 bits per heavy atom. The predicted molar refractivity (Wildman–Crippen MR) is 69.1 cm³/mol. The van der Waals surface area contributed by atoms with Gasteiger partial charge in [-0.2, -0.15) is 5.10 Å². The van der Waals surface area contributed by atoms with Crippen LogP contribution in [0.3, 0.4) is 0 Å². The molecular formula is C13H16N4O2. The quantitative estimate of drug-likeness (QED) is 0.768. The third-order valence-electron chi connectivity index (χ3n) is 2.63. The minimum absolute atomic E-state index is 0.211. The number of ether oxygens (including phenoxy) is 1. The molecule has 19 heavy (non-hydrogen) atoms. The summed E-state index contributed by atoms with van der Waals surface area (Å²) in [6.45, 7) is 6.11. The van der Waals surface area contributed by atoms with Crippen molar-refractivity contribution in [3.8, 4) is 5.75 Å². The van der Waals surface area contributed by atoms with Crippen LogP contribution in [0.1, 0.15) is 41.9 Å². The molecule has 6 heteroatoms. The fourth-order valence-corrected chi connectivity index (χ4v) is 1.72. The summed E-state index contributed by atoms with van der Waals surface area (Å²) in [6.07, 6.45) is 2.18. The first-order valence-electron chi connectivity index (χ1n) is 6.06. The van der Waals surface area contributed by atoms with Gasteiger partial charge in [-0.05, 0) is 32.9 Å². The van der Waals surface area contributed by atoms with Gasteiger partial charge in [0.05, 0.1) is 0 Å². The highest BCUT2D eigenvalue weighted by Gasteiger charge is 2.10. The SMILES string of the molecule is Cc1ccc(OCc2ncnn2C(C)C)c(C=O)n1. The summed E-state index contributed by atoms with van der Waals surface area (Å²) in [5.74, 6) is 1.17. The van der Waals surface area contributed by atoms with E-state index in [2.05, 4.69) is 15.1 Å². The number of carbonyl (C=O) groups is 1. The number of aryl methyl sites for hydroxylation is 1. The summed E-state index contributed by atoms with van der Waals surface area (Å²) in [7, 11) is 0. The van der Waals surface area contributed by atoms with Crippen molar-refractivity contribution < 1.29 is 9.53 Å². The molecule has 2 aromatic heterocycles. The molecular weight excluding hydrogens is 244 g/mol. The summed E-state index contributed by atoms with van der Waals surface area (Å²) >= 11 is 0. The molecule has 0 aliphatic carbocycles. The topological polar surface area (TPSA) is 69.9 Å². The molecule has 0 saturated carbocycles. The molecule has 2 rings (SSSR count). The molecule has 2 heterocycles. The van der Waals surface area contributed by atoms with E-state index in [0.717, 1.165) is 5.69 Å². The van der Waals surface area contributed by atoms with Gasteiger partial charge in [0, 0.05) is 11.7 Å². The fourth-order valence-electron chi connectivity index (χ4n) is 1.72. The minimum Gasteiger partial charge on any atom is -0.483 e. The second kappa shape index (κ2) is 5.60. The lowest BCUT2D eigenvalue weighted by Gasteiger charge is -2.11. The lowest BCUT2D eigenvalue weighted by Crippen LogP contribution is -2.11. The molecule has 0 spiro atoms. The fraction of sp³-hybridized carbons (Fsp3) is 0.385. The average molecular weight is 260 g/mol. The van der Waals surface area contributed by atoms with Crippen molar-refractivity contribution in [2.45, 2.75) is 33.4 Å². The van der Waals surface area contributed by atoms with E-state index in [9.17, 15) is 4.79 Å². The molecule has 0 radical (unpaired) electrons. The normalized spacial score (nSPS) is 10.7. The van der Waals surface area contributed by atoms with Crippen LogP contribution in [-0.2, 0) is 6.61 Å². The monoisotopic (exact) mass is 260 g/mol. The third-order valence-corrected chi connectivity index (χ3v) is 2.63. The maximum atomic E-state index is 10.9. The molecule has 0 amide bonds. The van der Waals surface area contributed by atoms with E-state index in [0.29, 0.717) is 23.6 Å². The number of hydrogen-bond donors (Lipinski definition) is 0. The number of carbonyl (C=O) groups excluding carboxylic acids is 1. The maximum absolute atomic E-state index is 10.9. The summed E-state index contributed by atoms with van der Waals surface area (Å²) in [6, 6.07) is 3.75. The zero-order valence-electron chi connectivity index (χ0n) is 11.2. The lowest BCUT2D eigenvalue weighted by atomic mass is 10.3. The molecule has 0 saturated heterocycles. The van der Waals surface area contributed by atoms with Gasteiger partial charge in [-0.15, -0.1) is 0 Å². The predicted octanol–water partition coefficient (Wildman–Crippen LogP) is 1.95. The van der Waals surface area contributed by atoms with Crippen LogP contribution < -0.4 is 4.74 Å². The van der Waals surface area contributed by atoms with Gasteiger partial charge < -0.3 is 4.74 Å². The molecule has 0 aliphatic rings. The van der Waals surface area contributed by atoms with Crippen LogP contribution in [-0.4, -0.2) is 26.0 Å². The third kappa shape index (κ3) is 2.96. The van der Waals surface area contributed by atoms with Crippen molar-refractivity contribution in [3.05, 3.63) is 35.7 Å². The Bertz CT molecular complexity index is 578. The Morgan fingerprint density at radius 3 is 2.89 bits per heavy atom. The second-order valence-corrected chi connectivity index (χ2v) is 4.46. The summed E-state index contributed by atoms with van der Waals surface area (Å²) in [5, 5.41) is 4.13. The lowest BCUT2D eigenvalue weighted by molar-refractivity contribution is 0.111. The van der Waals surface area contributed by atoms with Gasteiger partial charge in [0.25, 0.3) is 0 Å². The van der Waals surface area contributed by atoms with Gasteiger partial charge in [0.1, 0.15) is 24.4 Å². The Morgan fingerprint density at radius 1 is 1.42 bits per heavy atom. The van der Waals surface area contributed by atoms with E-state index in [-0.39, 0.29) is 12.6 Å². The standard InChI is InChI=1S/C13H16N4O2/c1-9(2)17-13(14-8-15-17)7-19-12-5-4-10(3)16-11(12)6-18/h4-6,8-9H,7H2,1-3H3. The van der Waals surface area contributed by atoms with E-state index in [1.807, 2.05) is 20.8 Å². The Balaban J connectivity index is 2.14. The highest BCUT2D eigenvalue weighted by molar-refractivity contribution is 5.76. The van der Waals surface area contributed by atoms with Crippen molar-refractivity contribution in [1.82, 2.24) is 19.7 Å². The number of rotatable bonds is 5. The Kier molecular flexibility index (Phi) is 3.89. The van der Waals surface area contributed by atoms with Crippen LogP contribution in [0.5, 0.6) is 5.75 Å². The van der Waals surface area contributed by atoms with E-state index in [4.69, 9.17) is 4.74 Å². The van der Waals surface area contributed by atoms with Crippen molar-refractivity contribution in [3.63, 3.8) is 0 Å². The molecule has 0 aromatic carbocycles. The van der Waals surface area contributed by atoms with Crippen LogP contribution in [0, 0.1) is 6.92 Å². The molecule has 0 N–H and O–H groups in total. The van der Waals surface area contributed by atoms with E-state index in [1.165, 1.54) is 6.33 Å². The number of hydrogen-bond acceptors (Lipinski definition) is 5. The zero-order valence-corrected chi connectivity index (χ0v) is 11.2. The van der Waals surface area contributed by atoms with Crippen molar-refractivity contribution in [1.29, 1.82) is 0 Å². The van der Waals surface area contributed by atoms with Crippen molar-refractivity contribution in [2.24, 2.45) is 0 Å². The van der Waals surface area contributed by atoms with Gasteiger partial charge in [0.2, 0.25) is 0 Å². The van der Waals surface area contributed by atoms with Crippen LogP contribution in [0.15, 0.2) is 18.5 Å². The number of pyridine rings is 1. The maximum Gasteiger partial charge on any atom is 0.172 e. The molecule has 6 nitrogen and oxygen atoms in total. The average Bonchev–Trinajstić information content (AvgIpc) is 2.85. The molecule has 0 fully saturated rings.